The predicted molar refractivity (Wildman–Crippen MR) is 90.3 cm³/mol. The Bertz CT molecular complexity index is 583. The maximum absolute atomic E-state index is 11.8. The number of nitrogens with one attached hydrogen (secondary N) is 2. The van der Waals surface area contributed by atoms with Crippen LogP contribution in [0.2, 0.25) is 0 Å². The lowest BCUT2D eigenvalue weighted by Gasteiger charge is -2.25. The van der Waals surface area contributed by atoms with Crippen molar-refractivity contribution < 1.29 is 19.4 Å². The van der Waals surface area contributed by atoms with Crippen LogP contribution in [0, 0.1) is 0 Å². The molecule has 1 heterocycles. The molecule has 0 aliphatic carbocycles. The second-order valence-electron chi connectivity index (χ2n) is 6.13. The SMILES string of the molecule is CN(C)C(=O)COc1ccc(CNC(=O)O)cc1C1CCNCC1. The van der Waals surface area contributed by atoms with Crippen molar-refractivity contribution in [3.05, 3.63) is 29.3 Å². The molecule has 2 amide bonds. The second-order valence-corrected chi connectivity index (χ2v) is 6.13. The first-order valence-corrected chi connectivity index (χ1v) is 8.10. The van der Waals surface area contributed by atoms with Crippen molar-refractivity contribution in [1.29, 1.82) is 0 Å². The average Bonchev–Trinajstić information content (AvgIpc) is 2.58. The van der Waals surface area contributed by atoms with Crippen LogP contribution >= 0.6 is 0 Å². The first-order chi connectivity index (χ1) is 11.5. The lowest BCUT2D eigenvalue weighted by Crippen LogP contribution is -2.29. The molecule has 0 radical (unpaired) electrons. The first-order valence-electron chi connectivity index (χ1n) is 8.10. The number of likely N-dealkylation sites (N-methyl/N-ethyl adjacent to an activating group) is 1. The van der Waals surface area contributed by atoms with Gasteiger partial charge < -0.3 is 25.4 Å². The van der Waals surface area contributed by atoms with Crippen molar-refractivity contribution in [3.8, 4) is 5.75 Å². The number of carbonyl (C=O) groups excluding carboxylic acids is 1. The zero-order valence-electron chi connectivity index (χ0n) is 14.2. The van der Waals surface area contributed by atoms with Gasteiger partial charge in [-0.25, -0.2) is 4.79 Å². The van der Waals surface area contributed by atoms with Crippen LogP contribution in [0.4, 0.5) is 4.79 Å². The van der Waals surface area contributed by atoms with Gasteiger partial charge in [0.05, 0.1) is 0 Å². The van der Waals surface area contributed by atoms with Crippen molar-refractivity contribution in [1.82, 2.24) is 15.5 Å². The van der Waals surface area contributed by atoms with Gasteiger partial charge in [0.1, 0.15) is 5.75 Å². The molecule has 24 heavy (non-hydrogen) atoms. The van der Waals surface area contributed by atoms with E-state index in [1.165, 1.54) is 4.90 Å². The number of carbonyl (C=O) groups is 2. The van der Waals surface area contributed by atoms with Gasteiger partial charge in [0.15, 0.2) is 6.61 Å². The highest BCUT2D eigenvalue weighted by Gasteiger charge is 2.20. The van der Waals surface area contributed by atoms with Gasteiger partial charge in [-0.2, -0.15) is 0 Å². The van der Waals surface area contributed by atoms with Crippen LogP contribution < -0.4 is 15.4 Å². The Kier molecular flexibility index (Phi) is 6.43. The van der Waals surface area contributed by atoms with Crippen LogP contribution in [0.1, 0.15) is 29.9 Å². The molecule has 1 aliphatic rings. The maximum Gasteiger partial charge on any atom is 0.404 e. The third kappa shape index (κ3) is 5.13. The molecule has 7 heteroatoms. The number of hydrogen-bond donors (Lipinski definition) is 3. The van der Waals surface area contributed by atoms with Crippen molar-refractivity contribution in [2.45, 2.75) is 25.3 Å². The molecule has 3 N–H and O–H groups in total. The van der Waals surface area contributed by atoms with E-state index in [9.17, 15) is 9.59 Å². The van der Waals surface area contributed by atoms with Crippen LogP contribution in [-0.4, -0.2) is 55.8 Å². The molecule has 0 saturated carbocycles. The summed E-state index contributed by atoms with van der Waals surface area (Å²) in [4.78, 5) is 23.9. The minimum absolute atomic E-state index is 0.00229. The number of ether oxygens (including phenoxy) is 1. The summed E-state index contributed by atoms with van der Waals surface area (Å²) in [6, 6.07) is 5.65. The molecule has 7 nitrogen and oxygen atoms in total. The smallest absolute Gasteiger partial charge is 0.404 e. The van der Waals surface area contributed by atoms with Crippen molar-refractivity contribution in [3.63, 3.8) is 0 Å². The van der Waals surface area contributed by atoms with E-state index < -0.39 is 6.09 Å². The zero-order chi connectivity index (χ0) is 17.5. The number of hydrogen-bond acceptors (Lipinski definition) is 4. The van der Waals surface area contributed by atoms with E-state index in [0.717, 1.165) is 37.1 Å². The van der Waals surface area contributed by atoms with E-state index in [4.69, 9.17) is 9.84 Å². The third-order valence-corrected chi connectivity index (χ3v) is 4.15. The van der Waals surface area contributed by atoms with E-state index in [0.29, 0.717) is 11.7 Å². The van der Waals surface area contributed by atoms with Gasteiger partial charge >= 0.3 is 6.09 Å². The summed E-state index contributed by atoms with van der Waals surface area (Å²) in [6.45, 7) is 2.14. The molecule has 0 unspecified atom stereocenters. The number of amides is 2. The zero-order valence-corrected chi connectivity index (χ0v) is 14.2. The van der Waals surface area contributed by atoms with E-state index >= 15 is 0 Å². The van der Waals surface area contributed by atoms with E-state index in [1.54, 1.807) is 14.1 Å². The monoisotopic (exact) mass is 335 g/mol. The van der Waals surface area contributed by atoms with Gasteiger partial charge in [0.25, 0.3) is 5.91 Å². The molecule has 0 aromatic heterocycles. The summed E-state index contributed by atoms with van der Waals surface area (Å²) < 4.78 is 5.75. The normalized spacial score (nSPS) is 14.9. The van der Waals surface area contributed by atoms with E-state index in [2.05, 4.69) is 10.6 Å². The van der Waals surface area contributed by atoms with Gasteiger partial charge in [0.2, 0.25) is 0 Å². The van der Waals surface area contributed by atoms with Crippen molar-refractivity contribution in [2.24, 2.45) is 0 Å². The Morgan fingerprint density at radius 1 is 1.33 bits per heavy atom. The van der Waals surface area contributed by atoms with Gasteiger partial charge in [-0.1, -0.05) is 12.1 Å². The third-order valence-electron chi connectivity index (χ3n) is 4.15. The van der Waals surface area contributed by atoms with Gasteiger partial charge in [0, 0.05) is 20.6 Å². The summed E-state index contributed by atoms with van der Waals surface area (Å²) in [5, 5.41) is 14.5. The van der Waals surface area contributed by atoms with Gasteiger partial charge in [-0.05, 0) is 49.0 Å². The predicted octanol–water partition coefficient (Wildman–Crippen LogP) is 1.39. The van der Waals surface area contributed by atoms with Gasteiger partial charge in [-0.15, -0.1) is 0 Å². The molecule has 1 aromatic carbocycles. The number of rotatable bonds is 6. The van der Waals surface area contributed by atoms with Gasteiger partial charge in [-0.3, -0.25) is 4.79 Å². The van der Waals surface area contributed by atoms with E-state index in [1.807, 2.05) is 18.2 Å². The molecular formula is C17H25N3O4. The van der Waals surface area contributed by atoms with Crippen molar-refractivity contribution >= 4 is 12.0 Å². The maximum atomic E-state index is 11.8. The minimum Gasteiger partial charge on any atom is -0.483 e. The Morgan fingerprint density at radius 2 is 2.04 bits per heavy atom. The highest BCUT2D eigenvalue weighted by molar-refractivity contribution is 5.77. The molecule has 1 aromatic rings. The second kappa shape index (κ2) is 8.54. The summed E-state index contributed by atoms with van der Waals surface area (Å²) in [5.41, 5.74) is 1.94. The Balaban J connectivity index is 2.17. The highest BCUT2D eigenvalue weighted by Crippen LogP contribution is 2.33. The standard InChI is InChI=1S/C17H25N3O4/c1-20(2)16(21)11-24-15-4-3-12(10-19-17(22)23)9-14(15)13-5-7-18-8-6-13/h3-4,9,13,18-19H,5-8,10-11H2,1-2H3,(H,22,23). The van der Waals surface area contributed by atoms with Crippen molar-refractivity contribution in [2.75, 3.05) is 33.8 Å². The number of benzene rings is 1. The Hall–Kier alpha value is -2.28. The fraction of sp³-hybridized carbons (Fsp3) is 0.529. The molecule has 2 rings (SSSR count). The highest BCUT2D eigenvalue weighted by atomic mass is 16.5. The minimum atomic E-state index is -1.05. The van der Waals surface area contributed by atoms with Crippen LogP contribution in [-0.2, 0) is 11.3 Å². The number of carboxylic acid groups (broad SMARTS) is 1. The summed E-state index contributed by atoms with van der Waals surface area (Å²) in [7, 11) is 3.39. The molecule has 0 spiro atoms. The lowest BCUT2D eigenvalue weighted by atomic mass is 9.88. The fourth-order valence-corrected chi connectivity index (χ4v) is 2.74. The van der Waals surface area contributed by atoms with Crippen LogP contribution in [0.3, 0.4) is 0 Å². The van der Waals surface area contributed by atoms with Crippen LogP contribution in [0.5, 0.6) is 5.75 Å². The number of piperidine rings is 1. The molecule has 0 bridgehead atoms. The van der Waals surface area contributed by atoms with Crippen LogP contribution in [0.15, 0.2) is 18.2 Å². The van der Waals surface area contributed by atoms with Crippen LogP contribution in [0.25, 0.3) is 0 Å². The van der Waals surface area contributed by atoms with E-state index in [-0.39, 0.29) is 19.1 Å². The summed E-state index contributed by atoms with van der Waals surface area (Å²) in [5.74, 6) is 0.958. The summed E-state index contributed by atoms with van der Waals surface area (Å²) in [6.07, 6.45) is 0.942. The molecule has 1 fully saturated rings. The summed E-state index contributed by atoms with van der Waals surface area (Å²) >= 11 is 0. The molecular weight excluding hydrogens is 310 g/mol. The average molecular weight is 335 g/mol. The fourth-order valence-electron chi connectivity index (χ4n) is 2.74. The Labute approximate surface area is 142 Å². The molecule has 1 saturated heterocycles. The molecule has 1 aliphatic heterocycles. The largest absolute Gasteiger partial charge is 0.483 e. The first kappa shape index (κ1) is 18.1. The topological polar surface area (TPSA) is 90.9 Å². The molecule has 0 atom stereocenters. The lowest BCUT2D eigenvalue weighted by molar-refractivity contribution is -0.130. The Morgan fingerprint density at radius 3 is 2.67 bits per heavy atom. The quantitative estimate of drug-likeness (QED) is 0.731. The number of nitrogens with zero attached hydrogens (tertiary/aromatic N) is 1. The molecule has 132 valence electrons.